The molecule has 0 bridgehead atoms. The molecular weight excluding hydrogens is 332 g/mol. The first kappa shape index (κ1) is 20.1. The van der Waals surface area contributed by atoms with Crippen molar-refractivity contribution in [2.45, 2.75) is 33.6 Å². The van der Waals surface area contributed by atoms with Gasteiger partial charge in [-0.1, -0.05) is 19.9 Å². The van der Waals surface area contributed by atoms with Crippen molar-refractivity contribution in [3.05, 3.63) is 23.3 Å². The predicted molar refractivity (Wildman–Crippen MR) is 101 cm³/mol. The Bertz CT molecular complexity index is 657. The van der Waals surface area contributed by atoms with E-state index in [4.69, 9.17) is 9.47 Å². The van der Waals surface area contributed by atoms with Crippen molar-refractivity contribution in [3.63, 3.8) is 0 Å². The van der Waals surface area contributed by atoms with Gasteiger partial charge in [-0.05, 0) is 19.4 Å². The molecule has 2 rings (SSSR count). The largest absolute Gasteiger partial charge is 0.496 e. The van der Waals surface area contributed by atoms with Gasteiger partial charge >= 0.3 is 0 Å². The molecule has 26 heavy (non-hydrogen) atoms. The lowest BCUT2D eigenvalue weighted by molar-refractivity contribution is -0.135. The van der Waals surface area contributed by atoms with E-state index in [9.17, 15) is 9.59 Å². The summed E-state index contributed by atoms with van der Waals surface area (Å²) < 4.78 is 10.8. The first-order valence-electron chi connectivity index (χ1n) is 9.16. The fraction of sp³-hybridized carbons (Fsp3) is 0.600. The van der Waals surface area contributed by atoms with Gasteiger partial charge in [0.1, 0.15) is 11.5 Å². The molecule has 1 aliphatic heterocycles. The number of rotatable bonds is 5. The fourth-order valence-electron chi connectivity index (χ4n) is 3.40. The molecule has 6 nitrogen and oxygen atoms in total. The van der Waals surface area contributed by atoms with Gasteiger partial charge in [0, 0.05) is 43.2 Å². The van der Waals surface area contributed by atoms with Crippen molar-refractivity contribution in [3.8, 4) is 11.5 Å². The van der Waals surface area contributed by atoms with E-state index in [1.807, 2.05) is 42.7 Å². The van der Waals surface area contributed by atoms with Crippen LogP contribution in [0.5, 0.6) is 11.5 Å². The van der Waals surface area contributed by atoms with Gasteiger partial charge in [-0.2, -0.15) is 0 Å². The van der Waals surface area contributed by atoms with Gasteiger partial charge in [-0.25, -0.2) is 0 Å². The van der Waals surface area contributed by atoms with E-state index in [2.05, 4.69) is 0 Å². The number of hydrogen-bond acceptors (Lipinski definition) is 4. The summed E-state index contributed by atoms with van der Waals surface area (Å²) in [6.07, 6.45) is 1.09. The highest BCUT2D eigenvalue weighted by Crippen LogP contribution is 2.31. The normalized spacial score (nSPS) is 15.0. The van der Waals surface area contributed by atoms with E-state index < -0.39 is 0 Å². The summed E-state index contributed by atoms with van der Waals surface area (Å²) in [6.45, 7) is 8.32. The molecular formula is C20H30N2O4. The minimum atomic E-state index is -0.0104. The van der Waals surface area contributed by atoms with E-state index in [0.29, 0.717) is 31.9 Å². The molecule has 0 unspecified atom stereocenters. The molecule has 0 spiro atoms. The lowest BCUT2D eigenvalue weighted by Crippen LogP contribution is -2.39. The van der Waals surface area contributed by atoms with Crippen LogP contribution in [0.1, 0.15) is 31.4 Å². The first-order valence-corrected chi connectivity index (χ1v) is 9.16. The van der Waals surface area contributed by atoms with Crippen LogP contribution in [-0.4, -0.2) is 62.0 Å². The zero-order valence-electron chi connectivity index (χ0n) is 16.5. The third-order valence-corrected chi connectivity index (χ3v) is 4.86. The number of nitrogens with zero attached hydrogens (tertiary/aromatic N) is 2. The number of methoxy groups -OCH3 is 2. The Balaban J connectivity index is 2.06. The maximum absolute atomic E-state index is 12.8. The molecule has 0 aliphatic carbocycles. The monoisotopic (exact) mass is 362 g/mol. The standard InChI is InChI=1S/C20H30N2O4/c1-14(2)20(24)22-10-6-9-21(11-12-22)18(23)13-16-7-8-17(25-4)15(3)19(16)26-5/h7-8,14H,6,9-13H2,1-5H3. The molecule has 0 saturated carbocycles. The summed E-state index contributed by atoms with van der Waals surface area (Å²) in [6, 6.07) is 3.75. The van der Waals surface area contributed by atoms with E-state index in [1.165, 1.54) is 0 Å². The Hall–Kier alpha value is -2.24. The van der Waals surface area contributed by atoms with Crippen molar-refractivity contribution < 1.29 is 19.1 Å². The third-order valence-electron chi connectivity index (χ3n) is 4.86. The molecule has 1 aromatic carbocycles. The molecule has 0 aromatic heterocycles. The van der Waals surface area contributed by atoms with Gasteiger partial charge in [0.05, 0.1) is 20.6 Å². The molecule has 0 N–H and O–H groups in total. The second-order valence-electron chi connectivity index (χ2n) is 6.98. The first-order chi connectivity index (χ1) is 12.4. The highest BCUT2D eigenvalue weighted by atomic mass is 16.5. The van der Waals surface area contributed by atoms with Gasteiger partial charge in [0.2, 0.25) is 11.8 Å². The number of ether oxygens (including phenoxy) is 2. The zero-order valence-corrected chi connectivity index (χ0v) is 16.5. The van der Waals surface area contributed by atoms with E-state index in [-0.39, 0.29) is 24.2 Å². The summed E-state index contributed by atoms with van der Waals surface area (Å²) in [5, 5.41) is 0. The molecule has 2 amide bonds. The van der Waals surface area contributed by atoms with Gasteiger partial charge in [-0.15, -0.1) is 0 Å². The van der Waals surface area contributed by atoms with E-state index in [1.54, 1.807) is 14.2 Å². The minimum absolute atomic E-state index is 0.0104. The molecule has 1 heterocycles. The quantitative estimate of drug-likeness (QED) is 0.806. The van der Waals surface area contributed by atoms with Crippen LogP contribution in [0.25, 0.3) is 0 Å². The summed E-state index contributed by atoms with van der Waals surface area (Å²) >= 11 is 0. The molecule has 1 fully saturated rings. The van der Waals surface area contributed by atoms with Crippen molar-refractivity contribution >= 4 is 11.8 Å². The number of amides is 2. The highest BCUT2D eigenvalue weighted by molar-refractivity contribution is 5.81. The van der Waals surface area contributed by atoms with Gasteiger partial charge in [-0.3, -0.25) is 9.59 Å². The molecule has 0 radical (unpaired) electrons. The Kier molecular flexibility index (Phi) is 6.89. The van der Waals surface area contributed by atoms with Gasteiger partial charge in [0.25, 0.3) is 0 Å². The molecule has 0 atom stereocenters. The summed E-state index contributed by atoms with van der Waals surface area (Å²) in [7, 11) is 3.23. The number of benzene rings is 1. The Morgan fingerprint density at radius 2 is 1.69 bits per heavy atom. The maximum Gasteiger partial charge on any atom is 0.227 e. The molecule has 1 aliphatic rings. The lowest BCUT2D eigenvalue weighted by Gasteiger charge is -2.24. The molecule has 1 aromatic rings. The van der Waals surface area contributed by atoms with E-state index >= 15 is 0 Å². The van der Waals surface area contributed by atoms with Crippen LogP contribution in [0.4, 0.5) is 0 Å². The van der Waals surface area contributed by atoms with Gasteiger partial charge in [0.15, 0.2) is 0 Å². The van der Waals surface area contributed by atoms with E-state index in [0.717, 1.165) is 23.3 Å². The lowest BCUT2D eigenvalue weighted by atomic mass is 10.0. The Labute approximate surface area is 156 Å². The van der Waals surface area contributed by atoms with Gasteiger partial charge < -0.3 is 19.3 Å². The fourth-order valence-corrected chi connectivity index (χ4v) is 3.40. The zero-order chi connectivity index (χ0) is 19.3. The highest BCUT2D eigenvalue weighted by Gasteiger charge is 2.24. The van der Waals surface area contributed by atoms with Crippen LogP contribution in [0.2, 0.25) is 0 Å². The van der Waals surface area contributed by atoms with Crippen LogP contribution < -0.4 is 9.47 Å². The third kappa shape index (κ3) is 4.48. The Morgan fingerprint density at radius 3 is 2.31 bits per heavy atom. The van der Waals surface area contributed by atoms with Crippen molar-refractivity contribution in [1.29, 1.82) is 0 Å². The smallest absolute Gasteiger partial charge is 0.227 e. The summed E-state index contributed by atoms with van der Waals surface area (Å²) in [4.78, 5) is 28.7. The topological polar surface area (TPSA) is 59.1 Å². The molecule has 1 saturated heterocycles. The molecule has 144 valence electrons. The second kappa shape index (κ2) is 8.92. The maximum atomic E-state index is 12.8. The average Bonchev–Trinajstić information content (AvgIpc) is 2.87. The van der Waals surface area contributed by atoms with Crippen LogP contribution >= 0.6 is 0 Å². The summed E-state index contributed by atoms with van der Waals surface area (Å²) in [5.74, 6) is 1.65. The van der Waals surface area contributed by atoms with Crippen molar-refractivity contribution in [1.82, 2.24) is 9.80 Å². The summed E-state index contributed by atoms with van der Waals surface area (Å²) in [5.41, 5.74) is 1.75. The van der Waals surface area contributed by atoms with Crippen LogP contribution in [0.3, 0.4) is 0 Å². The number of hydrogen-bond donors (Lipinski definition) is 0. The van der Waals surface area contributed by atoms with Crippen molar-refractivity contribution in [2.24, 2.45) is 5.92 Å². The van der Waals surface area contributed by atoms with Crippen LogP contribution in [0.15, 0.2) is 12.1 Å². The number of carbonyl (C=O) groups is 2. The van der Waals surface area contributed by atoms with Crippen molar-refractivity contribution in [2.75, 3.05) is 40.4 Å². The number of carbonyl (C=O) groups excluding carboxylic acids is 2. The van der Waals surface area contributed by atoms with Crippen LogP contribution in [-0.2, 0) is 16.0 Å². The Morgan fingerprint density at radius 1 is 1.04 bits per heavy atom. The predicted octanol–water partition coefficient (Wildman–Crippen LogP) is 2.27. The SMILES string of the molecule is COc1ccc(CC(=O)N2CCCN(C(=O)C(C)C)CC2)c(OC)c1C. The van der Waals surface area contributed by atoms with Crippen LogP contribution in [0, 0.1) is 12.8 Å². The minimum Gasteiger partial charge on any atom is -0.496 e. The molecule has 6 heteroatoms. The average molecular weight is 362 g/mol. The second-order valence-corrected chi connectivity index (χ2v) is 6.98.